The second kappa shape index (κ2) is 8.03. The monoisotopic (exact) mass is 182 g/mol. The van der Waals surface area contributed by atoms with Crippen molar-refractivity contribution in [2.45, 2.75) is 52.4 Å². The van der Waals surface area contributed by atoms with Gasteiger partial charge in [-0.25, -0.2) is 0 Å². The highest BCUT2D eigenvalue weighted by atomic mass is 16.1. The zero-order chi connectivity index (χ0) is 10.1. The van der Waals surface area contributed by atoms with Gasteiger partial charge in [0.05, 0.1) is 0 Å². The summed E-state index contributed by atoms with van der Waals surface area (Å²) in [5.74, 6) is 0.808. The molecule has 1 atom stereocenters. The molecule has 1 heteroatoms. The van der Waals surface area contributed by atoms with E-state index in [0.717, 1.165) is 19.3 Å². The van der Waals surface area contributed by atoms with Crippen molar-refractivity contribution in [3.8, 4) is 0 Å². The van der Waals surface area contributed by atoms with Crippen LogP contribution in [0.3, 0.4) is 0 Å². The average molecular weight is 182 g/mol. The predicted molar refractivity (Wildman–Crippen MR) is 57.7 cm³/mol. The van der Waals surface area contributed by atoms with E-state index in [9.17, 15) is 4.79 Å². The highest BCUT2D eigenvalue weighted by molar-refractivity contribution is 5.78. The standard InChI is InChI=1S/C12H22O/c1-4-7-9-11(6-3)10-12(13)8-5-2/h6,11H,3-5,7-10H2,1-2H3. The van der Waals surface area contributed by atoms with Gasteiger partial charge in [0.1, 0.15) is 5.78 Å². The molecule has 0 bridgehead atoms. The van der Waals surface area contributed by atoms with Gasteiger partial charge in [0.15, 0.2) is 0 Å². The number of carbonyl (C=O) groups is 1. The molecule has 0 amide bonds. The Kier molecular flexibility index (Phi) is 7.66. The molecule has 0 aliphatic carbocycles. The third-order valence-electron chi connectivity index (χ3n) is 2.28. The number of Topliss-reactive ketones (excluding diaryl/α,β-unsaturated/α-hetero) is 1. The highest BCUT2D eigenvalue weighted by Crippen LogP contribution is 2.15. The van der Waals surface area contributed by atoms with Gasteiger partial charge in [-0.1, -0.05) is 32.8 Å². The van der Waals surface area contributed by atoms with Crippen LogP contribution in [0, 0.1) is 5.92 Å². The Hall–Kier alpha value is -0.590. The van der Waals surface area contributed by atoms with Crippen LogP contribution in [0.25, 0.3) is 0 Å². The molecule has 0 aliphatic heterocycles. The molecule has 0 aliphatic rings. The first kappa shape index (κ1) is 12.4. The molecule has 0 aromatic carbocycles. The van der Waals surface area contributed by atoms with Crippen LogP contribution in [0.4, 0.5) is 0 Å². The maximum atomic E-state index is 11.3. The SMILES string of the molecule is C=CC(CCCC)CC(=O)CCC. The number of carbonyl (C=O) groups excluding carboxylic acids is 1. The normalized spacial score (nSPS) is 12.5. The number of allylic oxidation sites excluding steroid dienone is 1. The topological polar surface area (TPSA) is 17.1 Å². The average Bonchev–Trinajstić information content (AvgIpc) is 2.12. The Morgan fingerprint density at radius 3 is 2.54 bits per heavy atom. The third-order valence-corrected chi connectivity index (χ3v) is 2.28. The van der Waals surface area contributed by atoms with Crippen LogP contribution in [-0.4, -0.2) is 5.78 Å². The zero-order valence-electron chi connectivity index (χ0n) is 9.01. The summed E-state index contributed by atoms with van der Waals surface area (Å²) in [6, 6.07) is 0. The number of rotatable bonds is 8. The lowest BCUT2D eigenvalue weighted by Crippen LogP contribution is -2.05. The van der Waals surface area contributed by atoms with E-state index in [0.29, 0.717) is 18.1 Å². The van der Waals surface area contributed by atoms with Gasteiger partial charge in [-0.2, -0.15) is 0 Å². The zero-order valence-corrected chi connectivity index (χ0v) is 9.01. The Labute approximate surface area is 82.2 Å². The van der Waals surface area contributed by atoms with Crippen molar-refractivity contribution in [2.24, 2.45) is 5.92 Å². The van der Waals surface area contributed by atoms with Gasteiger partial charge in [-0.15, -0.1) is 6.58 Å². The largest absolute Gasteiger partial charge is 0.300 e. The van der Waals surface area contributed by atoms with E-state index >= 15 is 0 Å². The molecule has 0 rings (SSSR count). The summed E-state index contributed by atoms with van der Waals surface area (Å²) in [7, 11) is 0. The lowest BCUT2D eigenvalue weighted by Gasteiger charge is -2.09. The molecule has 0 N–H and O–H groups in total. The summed E-state index contributed by atoms with van der Waals surface area (Å²) in [5, 5.41) is 0. The lowest BCUT2D eigenvalue weighted by atomic mass is 9.95. The number of hydrogen-bond acceptors (Lipinski definition) is 1. The van der Waals surface area contributed by atoms with Crippen LogP contribution in [0.2, 0.25) is 0 Å². The molecule has 0 aromatic heterocycles. The highest BCUT2D eigenvalue weighted by Gasteiger charge is 2.08. The minimum Gasteiger partial charge on any atom is -0.300 e. The van der Waals surface area contributed by atoms with E-state index < -0.39 is 0 Å². The Bertz CT molecular complexity index is 149. The lowest BCUT2D eigenvalue weighted by molar-refractivity contribution is -0.119. The summed E-state index contributed by atoms with van der Waals surface area (Å²) in [4.78, 5) is 11.3. The molecule has 0 saturated heterocycles. The second-order valence-electron chi connectivity index (χ2n) is 3.63. The van der Waals surface area contributed by atoms with E-state index in [-0.39, 0.29) is 0 Å². The fraction of sp³-hybridized carbons (Fsp3) is 0.750. The van der Waals surface area contributed by atoms with Crippen molar-refractivity contribution in [1.82, 2.24) is 0 Å². The van der Waals surface area contributed by atoms with Gasteiger partial charge in [0.25, 0.3) is 0 Å². The van der Waals surface area contributed by atoms with E-state index in [1.165, 1.54) is 12.8 Å². The van der Waals surface area contributed by atoms with Crippen LogP contribution in [-0.2, 0) is 4.79 Å². The molecule has 76 valence electrons. The first-order valence-corrected chi connectivity index (χ1v) is 5.38. The van der Waals surface area contributed by atoms with E-state index in [2.05, 4.69) is 13.5 Å². The summed E-state index contributed by atoms with van der Waals surface area (Å²) < 4.78 is 0. The first-order valence-electron chi connectivity index (χ1n) is 5.38. The van der Waals surface area contributed by atoms with Gasteiger partial charge in [-0.3, -0.25) is 4.79 Å². The van der Waals surface area contributed by atoms with Crippen LogP contribution in [0.5, 0.6) is 0 Å². The molecule has 0 heterocycles. The van der Waals surface area contributed by atoms with Gasteiger partial charge in [0, 0.05) is 12.8 Å². The maximum absolute atomic E-state index is 11.3. The van der Waals surface area contributed by atoms with Crippen molar-refractivity contribution >= 4 is 5.78 Å². The minimum atomic E-state index is 0.392. The summed E-state index contributed by atoms with van der Waals surface area (Å²) >= 11 is 0. The van der Waals surface area contributed by atoms with Crippen molar-refractivity contribution in [3.05, 3.63) is 12.7 Å². The summed E-state index contributed by atoms with van der Waals surface area (Å²) in [6.45, 7) is 8.00. The van der Waals surface area contributed by atoms with Gasteiger partial charge in [-0.05, 0) is 18.8 Å². The molecule has 13 heavy (non-hydrogen) atoms. The Balaban J connectivity index is 3.69. The quantitative estimate of drug-likeness (QED) is 0.523. The summed E-state index contributed by atoms with van der Waals surface area (Å²) in [6.07, 6.45) is 7.87. The number of unbranched alkanes of at least 4 members (excludes halogenated alkanes) is 1. The van der Waals surface area contributed by atoms with Gasteiger partial charge >= 0.3 is 0 Å². The van der Waals surface area contributed by atoms with Crippen LogP contribution in [0.15, 0.2) is 12.7 Å². The van der Waals surface area contributed by atoms with E-state index in [4.69, 9.17) is 0 Å². The van der Waals surface area contributed by atoms with Gasteiger partial charge in [0.2, 0.25) is 0 Å². The number of ketones is 1. The fourth-order valence-electron chi connectivity index (χ4n) is 1.44. The molecule has 0 radical (unpaired) electrons. The molecule has 1 nitrogen and oxygen atoms in total. The van der Waals surface area contributed by atoms with Crippen molar-refractivity contribution < 1.29 is 4.79 Å². The Morgan fingerprint density at radius 2 is 2.08 bits per heavy atom. The van der Waals surface area contributed by atoms with E-state index in [1.54, 1.807) is 0 Å². The Morgan fingerprint density at radius 1 is 1.38 bits per heavy atom. The van der Waals surface area contributed by atoms with Crippen molar-refractivity contribution in [1.29, 1.82) is 0 Å². The molecule has 0 spiro atoms. The number of hydrogen-bond donors (Lipinski definition) is 0. The van der Waals surface area contributed by atoms with Crippen LogP contribution in [0.1, 0.15) is 52.4 Å². The van der Waals surface area contributed by atoms with E-state index in [1.807, 2.05) is 13.0 Å². The van der Waals surface area contributed by atoms with Crippen LogP contribution < -0.4 is 0 Å². The van der Waals surface area contributed by atoms with Gasteiger partial charge < -0.3 is 0 Å². The molecule has 0 saturated carbocycles. The molecular formula is C12H22O. The maximum Gasteiger partial charge on any atom is 0.133 e. The third kappa shape index (κ3) is 6.56. The summed E-state index contributed by atoms with van der Waals surface area (Å²) in [5.41, 5.74) is 0. The predicted octanol–water partition coefficient (Wildman–Crippen LogP) is 3.74. The fourth-order valence-corrected chi connectivity index (χ4v) is 1.44. The smallest absolute Gasteiger partial charge is 0.133 e. The van der Waals surface area contributed by atoms with Crippen LogP contribution >= 0.6 is 0 Å². The molecule has 0 aromatic rings. The van der Waals surface area contributed by atoms with Crippen molar-refractivity contribution in [2.75, 3.05) is 0 Å². The second-order valence-corrected chi connectivity index (χ2v) is 3.63. The molecule has 1 unspecified atom stereocenters. The molecule has 0 fully saturated rings. The van der Waals surface area contributed by atoms with Crippen molar-refractivity contribution in [3.63, 3.8) is 0 Å². The first-order chi connectivity index (χ1) is 6.24. The minimum absolute atomic E-state index is 0.392. The molecular weight excluding hydrogens is 160 g/mol.